The van der Waals surface area contributed by atoms with Gasteiger partial charge in [0, 0.05) is 10.8 Å². The zero-order valence-electron chi connectivity index (χ0n) is 9.08. The Morgan fingerprint density at radius 2 is 1.41 bits per heavy atom. The van der Waals surface area contributed by atoms with Crippen molar-refractivity contribution in [1.82, 2.24) is 0 Å². The molecule has 2 nitrogen and oxygen atoms in total. The highest BCUT2D eigenvalue weighted by Crippen LogP contribution is 2.03. The molecule has 0 N–H and O–H groups in total. The molecule has 0 saturated heterocycles. The summed E-state index contributed by atoms with van der Waals surface area (Å²) in [6, 6.07) is 18.5. The van der Waals surface area contributed by atoms with E-state index in [1.54, 1.807) is 12.1 Å². The molecule has 0 radical (unpaired) electrons. The zero-order chi connectivity index (χ0) is 12.5. The minimum atomic E-state index is -1.97. The average Bonchev–Trinajstić information content (AvgIpc) is 2.31. The normalized spacial score (nSPS) is 11.2. The van der Waals surface area contributed by atoms with Gasteiger partial charge >= 0.3 is 0 Å². The lowest BCUT2D eigenvalue weighted by Gasteiger charge is -2.02. The maximum Gasteiger partial charge on any atom is 0.0405 e. The lowest BCUT2D eigenvalue weighted by Crippen LogP contribution is -1.91. The molecule has 0 saturated carbocycles. The van der Waals surface area contributed by atoms with Gasteiger partial charge in [0.15, 0.2) is 0 Å². The van der Waals surface area contributed by atoms with Crippen molar-refractivity contribution in [2.45, 2.75) is 5.75 Å². The minimum Gasteiger partial charge on any atom is -0.772 e. The van der Waals surface area contributed by atoms with Crippen LogP contribution in [0.2, 0.25) is 5.02 Å². The Morgan fingerprint density at radius 3 is 1.76 bits per heavy atom. The molecule has 90 valence electrons. The Hall–Kier alpha value is -1.16. The first-order valence-corrected chi connectivity index (χ1v) is 6.61. The third-order valence-electron chi connectivity index (χ3n) is 1.86. The number of hydrogen-bond donors (Lipinski definition) is 0. The van der Waals surface area contributed by atoms with Crippen LogP contribution in [0.25, 0.3) is 0 Å². The van der Waals surface area contributed by atoms with E-state index in [4.69, 9.17) is 11.6 Å². The van der Waals surface area contributed by atoms with Gasteiger partial charge in [-0.05, 0) is 17.7 Å². The van der Waals surface area contributed by atoms with E-state index in [0.29, 0.717) is 0 Å². The quantitative estimate of drug-likeness (QED) is 0.783. The van der Waals surface area contributed by atoms with Gasteiger partial charge in [-0.15, -0.1) is 0 Å². The summed E-state index contributed by atoms with van der Waals surface area (Å²) in [5, 5.41) is 0.794. The molecule has 0 aliphatic rings. The van der Waals surface area contributed by atoms with E-state index in [0.717, 1.165) is 10.6 Å². The summed E-state index contributed by atoms with van der Waals surface area (Å²) in [5.41, 5.74) is 0.829. The van der Waals surface area contributed by atoms with Crippen LogP contribution >= 0.6 is 11.6 Å². The summed E-state index contributed by atoms with van der Waals surface area (Å²) >= 11 is 3.57. The second-order valence-electron chi connectivity index (χ2n) is 3.23. The first-order chi connectivity index (χ1) is 8.18. The van der Waals surface area contributed by atoms with Crippen LogP contribution in [0.15, 0.2) is 60.7 Å². The maximum atomic E-state index is 10.2. The van der Waals surface area contributed by atoms with Crippen molar-refractivity contribution in [3.05, 3.63) is 71.2 Å². The molecule has 0 aromatic heterocycles. The van der Waals surface area contributed by atoms with E-state index in [1.165, 1.54) is 0 Å². The lowest BCUT2D eigenvalue weighted by atomic mass is 10.2. The van der Waals surface area contributed by atoms with Gasteiger partial charge in [-0.2, -0.15) is 0 Å². The van der Waals surface area contributed by atoms with Crippen LogP contribution in [0.1, 0.15) is 5.56 Å². The molecule has 0 spiro atoms. The summed E-state index contributed by atoms with van der Waals surface area (Å²) < 4.78 is 20.3. The average molecular weight is 268 g/mol. The third-order valence-corrected chi connectivity index (χ3v) is 2.68. The SMILES string of the molecule is Clc1ccccc1.O=S([O-])Cc1ccccc1. The van der Waals surface area contributed by atoms with E-state index in [9.17, 15) is 8.76 Å². The second kappa shape index (κ2) is 8.01. The molecule has 17 heavy (non-hydrogen) atoms. The van der Waals surface area contributed by atoms with Crippen LogP contribution < -0.4 is 0 Å². The molecule has 2 aromatic carbocycles. The highest BCUT2D eigenvalue weighted by Gasteiger charge is 1.87. The maximum absolute atomic E-state index is 10.2. The van der Waals surface area contributed by atoms with Crippen molar-refractivity contribution in [2.75, 3.05) is 0 Å². The highest BCUT2D eigenvalue weighted by atomic mass is 35.5. The Kier molecular flexibility index (Phi) is 6.55. The second-order valence-corrected chi connectivity index (χ2v) is 4.56. The van der Waals surface area contributed by atoms with Crippen LogP contribution in [0.4, 0.5) is 0 Å². The van der Waals surface area contributed by atoms with Crippen LogP contribution in [-0.2, 0) is 16.8 Å². The molecule has 0 bridgehead atoms. The summed E-state index contributed by atoms with van der Waals surface area (Å²) in [6.07, 6.45) is 0. The van der Waals surface area contributed by atoms with Crippen molar-refractivity contribution in [3.63, 3.8) is 0 Å². The van der Waals surface area contributed by atoms with Gasteiger partial charge in [-0.3, -0.25) is 4.21 Å². The third kappa shape index (κ3) is 6.89. The molecular formula is C13H12ClO2S-. The topological polar surface area (TPSA) is 40.1 Å². The monoisotopic (exact) mass is 267 g/mol. The van der Waals surface area contributed by atoms with E-state index in [-0.39, 0.29) is 5.75 Å². The molecule has 0 fully saturated rings. The molecule has 1 unspecified atom stereocenters. The van der Waals surface area contributed by atoms with Gasteiger partial charge in [0.05, 0.1) is 0 Å². The molecule has 4 heteroatoms. The van der Waals surface area contributed by atoms with Gasteiger partial charge in [0.1, 0.15) is 0 Å². The summed E-state index contributed by atoms with van der Waals surface area (Å²) in [5.74, 6) is 0.112. The zero-order valence-corrected chi connectivity index (χ0v) is 10.7. The predicted octanol–water partition coefficient (Wildman–Crippen LogP) is 3.41. The smallest absolute Gasteiger partial charge is 0.0405 e. The first-order valence-electron chi connectivity index (χ1n) is 4.99. The lowest BCUT2D eigenvalue weighted by molar-refractivity contribution is 0.536. The van der Waals surface area contributed by atoms with Crippen LogP contribution in [0.3, 0.4) is 0 Å². The standard InChI is InChI=1S/C7H8O2S.C6H5Cl/c8-10(9)6-7-4-2-1-3-5-7;7-6-4-2-1-3-5-6/h1-5H,6H2,(H,8,9);1-5H/p-1. The first kappa shape index (κ1) is 13.9. The Labute approximate surface area is 109 Å². The fraction of sp³-hybridized carbons (Fsp3) is 0.0769. The van der Waals surface area contributed by atoms with Crippen LogP contribution in [0.5, 0.6) is 0 Å². The number of halogens is 1. The molecule has 0 heterocycles. The fourth-order valence-electron chi connectivity index (χ4n) is 1.12. The van der Waals surface area contributed by atoms with Crippen LogP contribution in [-0.4, -0.2) is 8.76 Å². The van der Waals surface area contributed by atoms with Gasteiger partial charge < -0.3 is 4.55 Å². The Balaban J connectivity index is 0.000000181. The number of rotatable bonds is 2. The molecular weight excluding hydrogens is 256 g/mol. The van der Waals surface area contributed by atoms with E-state index in [2.05, 4.69) is 0 Å². The molecule has 2 aromatic rings. The van der Waals surface area contributed by atoms with Gasteiger partial charge in [-0.1, -0.05) is 71.2 Å². The highest BCUT2D eigenvalue weighted by molar-refractivity contribution is 7.78. The number of benzene rings is 2. The molecule has 0 amide bonds. The molecule has 0 aliphatic carbocycles. The van der Waals surface area contributed by atoms with Gasteiger partial charge in [0.2, 0.25) is 0 Å². The molecule has 0 aliphatic heterocycles. The predicted molar refractivity (Wildman–Crippen MR) is 70.5 cm³/mol. The molecule has 1 atom stereocenters. The van der Waals surface area contributed by atoms with Crippen molar-refractivity contribution in [2.24, 2.45) is 0 Å². The fourth-order valence-corrected chi connectivity index (χ4v) is 1.74. The minimum absolute atomic E-state index is 0.112. The molecule has 2 rings (SSSR count). The largest absolute Gasteiger partial charge is 0.772 e. The van der Waals surface area contributed by atoms with E-state index >= 15 is 0 Å². The Bertz CT molecular complexity index is 445. The van der Waals surface area contributed by atoms with Gasteiger partial charge in [-0.25, -0.2) is 0 Å². The summed E-state index contributed by atoms with van der Waals surface area (Å²) in [6.45, 7) is 0. The van der Waals surface area contributed by atoms with E-state index < -0.39 is 11.1 Å². The Morgan fingerprint density at radius 1 is 0.941 bits per heavy atom. The number of hydrogen-bond acceptors (Lipinski definition) is 2. The van der Waals surface area contributed by atoms with Gasteiger partial charge in [0.25, 0.3) is 0 Å². The van der Waals surface area contributed by atoms with E-state index in [1.807, 2.05) is 48.5 Å². The van der Waals surface area contributed by atoms with Crippen molar-refractivity contribution in [3.8, 4) is 0 Å². The summed E-state index contributed by atoms with van der Waals surface area (Å²) in [4.78, 5) is 0. The van der Waals surface area contributed by atoms with Crippen molar-refractivity contribution in [1.29, 1.82) is 0 Å². The van der Waals surface area contributed by atoms with Crippen LogP contribution in [0, 0.1) is 0 Å². The van der Waals surface area contributed by atoms with Crippen molar-refractivity contribution >= 4 is 22.7 Å². The van der Waals surface area contributed by atoms with Crippen molar-refractivity contribution < 1.29 is 8.76 Å². The summed E-state index contributed by atoms with van der Waals surface area (Å²) in [7, 11) is 0.